The van der Waals surface area contributed by atoms with Gasteiger partial charge in [0.15, 0.2) is 0 Å². The van der Waals surface area contributed by atoms with Crippen molar-refractivity contribution in [2.45, 2.75) is 70.5 Å². The molecule has 0 aromatic carbocycles. The van der Waals surface area contributed by atoms with Gasteiger partial charge in [-0.25, -0.2) is 0 Å². The van der Waals surface area contributed by atoms with E-state index >= 15 is 0 Å². The molecule has 4 nitrogen and oxygen atoms in total. The molecule has 3 fully saturated rings. The zero-order chi connectivity index (χ0) is 13.6. The summed E-state index contributed by atoms with van der Waals surface area (Å²) in [5.41, 5.74) is 0. The van der Waals surface area contributed by atoms with Gasteiger partial charge in [0.25, 0.3) is 0 Å². The van der Waals surface area contributed by atoms with Crippen molar-refractivity contribution in [1.29, 1.82) is 0 Å². The normalized spacial score (nSPS) is 35.9. The quantitative estimate of drug-likeness (QED) is 0.763. The fraction of sp³-hybridized carbons (Fsp3) is 0.867. The summed E-state index contributed by atoms with van der Waals surface area (Å²) in [7, 11) is 0. The Kier molecular flexibility index (Phi) is 3.27. The van der Waals surface area contributed by atoms with Crippen LogP contribution in [0.25, 0.3) is 0 Å². The minimum atomic E-state index is -0.0869. The average Bonchev–Trinajstić information content (AvgIpc) is 3.12. The zero-order valence-electron chi connectivity index (χ0n) is 12.0. The van der Waals surface area contributed by atoms with Crippen LogP contribution >= 0.6 is 0 Å². The highest BCUT2D eigenvalue weighted by atomic mass is 16.2. The lowest BCUT2D eigenvalue weighted by Crippen LogP contribution is -2.50. The van der Waals surface area contributed by atoms with Crippen molar-refractivity contribution in [2.75, 3.05) is 6.54 Å². The molecular formula is C15H24N2O2. The van der Waals surface area contributed by atoms with E-state index in [-0.39, 0.29) is 17.7 Å². The van der Waals surface area contributed by atoms with E-state index in [2.05, 4.69) is 18.7 Å². The van der Waals surface area contributed by atoms with Gasteiger partial charge < -0.3 is 9.80 Å². The molecule has 0 spiro atoms. The highest BCUT2D eigenvalue weighted by Gasteiger charge is 2.44. The number of rotatable bonds is 2. The van der Waals surface area contributed by atoms with Crippen LogP contribution in [-0.4, -0.2) is 46.3 Å². The fourth-order valence-corrected chi connectivity index (χ4v) is 3.70. The molecule has 0 radical (unpaired) electrons. The summed E-state index contributed by atoms with van der Waals surface area (Å²) in [6.45, 7) is 4.95. The number of hydrogen-bond acceptors (Lipinski definition) is 2. The molecule has 0 bridgehead atoms. The summed E-state index contributed by atoms with van der Waals surface area (Å²) in [5.74, 6) is 0.325. The maximum atomic E-state index is 12.7. The van der Waals surface area contributed by atoms with Crippen LogP contribution in [0.5, 0.6) is 0 Å². The number of likely N-dealkylation sites (tertiary alicyclic amines) is 2. The number of piperidine rings is 1. The zero-order valence-corrected chi connectivity index (χ0v) is 12.0. The molecule has 106 valence electrons. The Morgan fingerprint density at radius 3 is 2.32 bits per heavy atom. The van der Waals surface area contributed by atoms with Crippen molar-refractivity contribution in [3.8, 4) is 0 Å². The first kappa shape index (κ1) is 12.9. The summed E-state index contributed by atoms with van der Waals surface area (Å²) >= 11 is 0. The third kappa shape index (κ3) is 2.37. The van der Waals surface area contributed by atoms with E-state index in [1.807, 2.05) is 4.90 Å². The van der Waals surface area contributed by atoms with Crippen molar-refractivity contribution in [2.24, 2.45) is 5.92 Å². The van der Waals surface area contributed by atoms with Crippen LogP contribution < -0.4 is 0 Å². The lowest BCUT2D eigenvalue weighted by molar-refractivity contribution is -0.141. The number of hydrogen-bond donors (Lipinski definition) is 0. The molecule has 4 heteroatoms. The lowest BCUT2D eigenvalue weighted by atomic mass is 9.94. The van der Waals surface area contributed by atoms with E-state index in [0.717, 1.165) is 25.7 Å². The third-order valence-corrected chi connectivity index (χ3v) is 4.94. The molecule has 3 aliphatic rings. The molecule has 2 saturated heterocycles. The van der Waals surface area contributed by atoms with E-state index in [0.29, 0.717) is 31.1 Å². The summed E-state index contributed by atoms with van der Waals surface area (Å²) in [4.78, 5) is 28.7. The van der Waals surface area contributed by atoms with Gasteiger partial charge in [-0.3, -0.25) is 9.59 Å². The predicted octanol–water partition coefficient (Wildman–Crippen LogP) is 1.79. The molecule has 1 saturated carbocycles. The van der Waals surface area contributed by atoms with Crippen molar-refractivity contribution in [1.82, 2.24) is 9.80 Å². The van der Waals surface area contributed by atoms with Gasteiger partial charge >= 0.3 is 0 Å². The summed E-state index contributed by atoms with van der Waals surface area (Å²) in [6, 6.07) is 1.11. The molecule has 1 aliphatic carbocycles. The molecule has 3 rings (SSSR count). The Hall–Kier alpha value is -1.06. The van der Waals surface area contributed by atoms with Crippen LogP contribution in [0.15, 0.2) is 0 Å². The second-order valence-electron chi connectivity index (χ2n) is 6.55. The summed E-state index contributed by atoms with van der Waals surface area (Å²) < 4.78 is 0. The van der Waals surface area contributed by atoms with Gasteiger partial charge in [0.2, 0.25) is 11.8 Å². The van der Waals surface area contributed by atoms with Crippen LogP contribution in [0.3, 0.4) is 0 Å². The van der Waals surface area contributed by atoms with E-state index < -0.39 is 0 Å². The Bertz CT molecular complexity index is 382. The first-order valence-electron chi connectivity index (χ1n) is 7.69. The SMILES string of the molecule is CC1CCCC(C)N1C(=O)C1CC(=O)N(C2CC2)C1. The van der Waals surface area contributed by atoms with Gasteiger partial charge in [-0.15, -0.1) is 0 Å². The molecule has 19 heavy (non-hydrogen) atoms. The second-order valence-corrected chi connectivity index (χ2v) is 6.55. The Morgan fingerprint density at radius 1 is 1.11 bits per heavy atom. The van der Waals surface area contributed by atoms with Gasteiger partial charge in [-0.1, -0.05) is 0 Å². The Labute approximate surface area is 115 Å². The van der Waals surface area contributed by atoms with Crippen LogP contribution in [0.2, 0.25) is 0 Å². The standard InChI is InChI=1S/C15H24N2O2/c1-10-4-3-5-11(2)17(10)15(19)12-8-14(18)16(9-12)13-6-7-13/h10-13H,3-9H2,1-2H3. The minimum absolute atomic E-state index is 0.0869. The number of carbonyl (C=O) groups is 2. The largest absolute Gasteiger partial charge is 0.339 e. The molecule has 2 heterocycles. The monoisotopic (exact) mass is 264 g/mol. The second kappa shape index (κ2) is 4.80. The molecule has 0 aromatic rings. The Balaban J connectivity index is 1.68. The van der Waals surface area contributed by atoms with E-state index in [1.54, 1.807) is 0 Å². The third-order valence-electron chi connectivity index (χ3n) is 4.94. The highest BCUT2D eigenvalue weighted by Crippen LogP contribution is 2.34. The molecule has 0 N–H and O–H groups in total. The van der Waals surface area contributed by atoms with Gasteiger partial charge in [0.1, 0.15) is 0 Å². The van der Waals surface area contributed by atoms with E-state index in [1.165, 1.54) is 6.42 Å². The van der Waals surface area contributed by atoms with Gasteiger partial charge in [-0.2, -0.15) is 0 Å². The molecule has 3 atom stereocenters. The van der Waals surface area contributed by atoms with Crippen molar-refractivity contribution in [3.63, 3.8) is 0 Å². The average molecular weight is 264 g/mol. The van der Waals surface area contributed by atoms with Gasteiger partial charge in [0, 0.05) is 31.1 Å². The van der Waals surface area contributed by atoms with Gasteiger partial charge in [0.05, 0.1) is 5.92 Å². The number of carbonyl (C=O) groups excluding carboxylic acids is 2. The maximum Gasteiger partial charge on any atom is 0.228 e. The van der Waals surface area contributed by atoms with Crippen molar-refractivity contribution in [3.05, 3.63) is 0 Å². The fourth-order valence-electron chi connectivity index (χ4n) is 3.70. The Morgan fingerprint density at radius 2 is 1.74 bits per heavy atom. The summed E-state index contributed by atoms with van der Waals surface area (Å²) in [6.07, 6.45) is 6.10. The van der Waals surface area contributed by atoms with E-state index in [9.17, 15) is 9.59 Å². The smallest absolute Gasteiger partial charge is 0.228 e. The topological polar surface area (TPSA) is 40.6 Å². The highest BCUT2D eigenvalue weighted by molar-refractivity contribution is 5.89. The van der Waals surface area contributed by atoms with Crippen molar-refractivity contribution >= 4 is 11.8 Å². The van der Waals surface area contributed by atoms with Crippen LogP contribution in [0.4, 0.5) is 0 Å². The maximum absolute atomic E-state index is 12.7. The minimum Gasteiger partial charge on any atom is -0.339 e. The molecule has 0 aromatic heterocycles. The lowest BCUT2D eigenvalue weighted by Gasteiger charge is -2.40. The predicted molar refractivity (Wildman–Crippen MR) is 72.5 cm³/mol. The first-order valence-corrected chi connectivity index (χ1v) is 7.69. The van der Waals surface area contributed by atoms with E-state index in [4.69, 9.17) is 0 Å². The molecular weight excluding hydrogens is 240 g/mol. The van der Waals surface area contributed by atoms with Gasteiger partial charge in [-0.05, 0) is 46.0 Å². The number of nitrogens with zero attached hydrogens (tertiary/aromatic N) is 2. The summed E-state index contributed by atoms with van der Waals surface area (Å²) in [5, 5.41) is 0. The number of amides is 2. The molecule has 2 amide bonds. The molecule has 3 unspecified atom stereocenters. The van der Waals surface area contributed by atoms with Crippen LogP contribution in [0, 0.1) is 5.92 Å². The van der Waals surface area contributed by atoms with Crippen LogP contribution in [0.1, 0.15) is 52.4 Å². The first-order chi connectivity index (χ1) is 9.08. The molecule has 2 aliphatic heterocycles. The van der Waals surface area contributed by atoms with Crippen LogP contribution in [-0.2, 0) is 9.59 Å². The van der Waals surface area contributed by atoms with Crippen molar-refractivity contribution < 1.29 is 9.59 Å².